The van der Waals surface area contributed by atoms with E-state index < -0.39 is 6.10 Å². The van der Waals surface area contributed by atoms with E-state index in [1.807, 2.05) is 19.9 Å². The van der Waals surface area contributed by atoms with Crippen LogP contribution in [-0.4, -0.2) is 43.1 Å². The van der Waals surface area contributed by atoms with E-state index in [1.165, 1.54) is 25.9 Å². The van der Waals surface area contributed by atoms with Crippen molar-refractivity contribution in [1.82, 2.24) is 10.2 Å². The standard InChI is InChI=1S/C22H36N2O2/c1-16(2)20-10-9-17(3)14-21(20)26-19(5)22(25)23-11-7-13-24-12-6-8-18(4)15-24/h9-10,14,16,18-19H,6-8,11-13,15H2,1-5H3,(H,23,25). The lowest BCUT2D eigenvalue weighted by Gasteiger charge is -2.30. The molecular weight excluding hydrogens is 324 g/mol. The van der Waals surface area contributed by atoms with E-state index in [2.05, 4.69) is 43.1 Å². The average molecular weight is 361 g/mol. The second kappa shape index (κ2) is 9.96. The van der Waals surface area contributed by atoms with Crippen molar-refractivity contribution in [3.8, 4) is 5.75 Å². The Labute approximate surface area is 159 Å². The van der Waals surface area contributed by atoms with Crippen LogP contribution in [0.2, 0.25) is 0 Å². The number of amides is 1. The van der Waals surface area contributed by atoms with Gasteiger partial charge in [-0.1, -0.05) is 32.9 Å². The van der Waals surface area contributed by atoms with Gasteiger partial charge in [0.05, 0.1) is 0 Å². The van der Waals surface area contributed by atoms with Crippen molar-refractivity contribution in [1.29, 1.82) is 0 Å². The zero-order valence-electron chi connectivity index (χ0n) is 17.2. The maximum absolute atomic E-state index is 12.4. The maximum Gasteiger partial charge on any atom is 0.260 e. The van der Waals surface area contributed by atoms with Gasteiger partial charge in [-0.05, 0) is 75.2 Å². The zero-order chi connectivity index (χ0) is 19.1. The first-order chi connectivity index (χ1) is 12.4. The lowest BCUT2D eigenvalue weighted by atomic mass is 10.0. The number of rotatable bonds is 8. The zero-order valence-corrected chi connectivity index (χ0v) is 17.2. The monoisotopic (exact) mass is 360 g/mol. The van der Waals surface area contributed by atoms with Crippen molar-refractivity contribution >= 4 is 5.91 Å². The maximum atomic E-state index is 12.4. The van der Waals surface area contributed by atoms with Crippen molar-refractivity contribution in [3.63, 3.8) is 0 Å². The van der Waals surface area contributed by atoms with Gasteiger partial charge in [-0.2, -0.15) is 0 Å². The van der Waals surface area contributed by atoms with E-state index in [0.29, 0.717) is 12.5 Å². The first-order valence-corrected chi connectivity index (χ1v) is 10.1. The first-order valence-electron chi connectivity index (χ1n) is 10.1. The van der Waals surface area contributed by atoms with Gasteiger partial charge in [0, 0.05) is 13.1 Å². The van der Waals surface area contributed by atoms with Crippen LogP contribution >= 0.6 is 0 Å². The molecule has 1 aliphatic rings. The molecule has 4 heteroatoms. The lowest BCUT2D eigenvalue weighted by Crippen LogP contribution is -2.39. The molecule has 0 radical (unpaired) electrons. The van der Waals surface area contributed by atoms with Gasteiger partial charge in [0.2, 0.25) is 0 Å². The summed E-state index contributed by atoms with van der Waals surface area (Å²) in [6.07, 6.45) is 3.16. The van der Waals surface area contributed by atoms with E-state index in [-0.39, 0.29) is 5.91 Å². The fourth-order valence-electron chi connectivity index (χ4n) is 3.61. The van der Waals surface area contributed by atoms with Crippen molar-refractivity contribution in [2.45, 2.75) is 65.9 Å². The molecule has 1 saturated heterocycles. The molecule has 1 amide bonds. The Balaban J connectivity index is 1.76. The molecule has 0 spiro atoms. The molecule has 0 aliphatic carbocycles. The molecule has 1 fully saturated rings. The van der Waals surface area contributed by atoms with Crippen molar-refractivity contribution in [2.75, 3.05) is 26.2 Å². The summed E-state index contributed by atoms with van der Waals surface area (Å²) in [5.41, 5.74) is 2.29. The molecule has 26 heavy (non-hydrogen) atoms. The van der Waals surface area contributed by atoms with Crippen LogP contribution < -0.4 is 10.1 Å². The quantitative estimate of drug-likeness (QED) is 0.709. The molecule has 1 heterocycles. The summed E-state index contributed by atoms with van der Waals surface area (Å²) < 4.78 is 5.99. The second-order valence-electron chi connectivity index (χ2n) is 8.15. The fraction of sp³-hybridized carbons (Fsp3) is 0.682. The highest BCUT2D eigenvalue weighted by Gasteiger charge is 2.18. The van der Waals surface area contributed by atoms with Gasteiger partial charge in [-0.3, -0.25) is 4.79 Å². The third-order valence-corrected chi connectivity index (χ3v) is 5.16. The summed E-state index contributed by atoms with van der Waals surface area (Å²) in [5.74, 6) is 1.96. The highest BCUT2D eigenvalue weighted by molar-refractivity contribution is 5.80. The fourth-order valence-corrected chi connectivity index (χ4v) is 3.61. The molecule has 1 aromatic rings. The second-order valence-corrected chi connectivity index (χ2v) is 8.15. The van der Waals surface area contributed by atoms with Crippen LogP contribution in [0.3, 0.4) is 0 Å². The molecule has 1 N–H and O–H groups in total. The van der Waals surface area contributed by atoms with Crippen molar-refractivity contribution in [3.05, 3.63) is 29.3 Å². The number of nitrogens with zero attached hydrogens (tertiary/aromatic N) is 1. The van der Waals surface area contributed by atoms with Gasteiger partial charge in [0.15, 0.2) is 6.10 Å². The summed E-state index contributed by atoms with van der Waals surface area (Å²) in [7, 11) is 0. The number of piperidine rings is 1. The molecule has 0 saturated carbocycles. The van der Waals surface area contributed by atoms with Crippen LogP contribution in [0.1, 0.15) is 64.0 Å². The number of hydrogen-bond acceptors (Lipinski definition) is 3. The highest BCUT2D eigenvalue weighted by atomic mass is 16.5. The Morgan fingerprint density at radius 1 is 1.35 bits per heavy atom. The Morgan fingerprint density at radius 2 is 2.12 bits per heavy atom. The van der Waals surface area contributed by atoms with E-state index in [9.17, 15) is 4.79 Å². The minimum absolute atomic E-state index is 0.0341. The predicted octanol–water partition coefficient (Wildman–Crippen LogP) is 4.12. The predicted molar refractivity (Wildman–Crippen MR) is 108 cm³/mol. The molecule has 2 rings (SSSR count). The van der Waals surface area contributed by atoms with Crippen LogP contribution in [0.25, 0.3) is 0 Å². The molecule has 0 aromatic heterocycles. The summed E-state index contributed by atoms with van der Waals surface area (Å²) >= 11 is 0. The summed E-state index contributed by atoms with van der Waals surface area (Å²) in [6, 6.07) is 6.21. The summed E-state index contributed by atoms with van der Waals surface area (Å²) in [6.45, 7) is 14.6. The number of carbonyl (C=O) groups excluding carboxylic acids is 1. The molecule has 2 atom stereocenters. The molecule has 146 valence electrons. The molecule has 2 unspecified atom stereocenters. The number of nitrogens with one attached hydrogen (secondary N) is 1. The van der Waals surface area contributed by atoms with Crippen LogP contribution in [0, 0.1) is 12.8 Å². The van der Waals surface area contributed by atoms with E-state index in [1.54, 1.807) is 0 Å². The Morgan fingerprint density at radius 3 is 2.81 bits per heavy atom. The number of benzene rings is 1. The molecular formula is C22H36N2O2. The topological polar surface area (TPSA) is 41.6 Å². The van der Waals surface area contributed by atoms with Crippen LogP contribution in [0.4, 0.5) is 0 Å². The molecule has 1 aromatic carbocycles. The minimum Gasteiger partial charge on any atom is -0.481 e. The van der Waals surface area contributed by atoms with Gasteiger partial charge < -0.3 is 15.0 Å². The molecule has 0 bridgehead atoms. The minimum atomic E-state index is -0.482. The SMILES string of the molecule is Cc1ccc(C(C)C)c(OC(C)C(=O)NCCCN2CCCC(C)C2)c1. The van der Waals surface area contributed by atoms with E-state index in [4.69, 9.17) is 4.74 Å². The van der Waals surface area contributed by atoms with Crippen LogP contribution in [-0.2, 0) is 4.79 Å². The largest absolute Gasteiger partial charge is 0.481 e. The molecule has 4 nitrogen and oxygen atoms in total. The van der Waals surface area contributed by atoms with Crippen LogP contribution in [0.15, 0.2) is 18.2 Å². The normalized spacial score (nSPS) is 19.4. The van der Waals surface area contributed by atoms with Gasteiger partial charge in [-0.15, -0.1) is 0 Å². The Kier molecular flexibility index (Phi) is 7.95. The number of likely N-dealkylation sites (tertiary alicyclic amines) is 1. The number of hydrogen-bond donors (Lipinski definition) is 1. The van der Waals surface area contributed by atoms with Crippen molar-refractivity contribution in [2.24, 2.45) is 5.92 Å². The van der Waals surface area contributed by atoms with Gasteiger partial charge in [0.1, 0.15) is 5.75 Å². The summed E-state index contributed by atoms with van der Waals surface area (Å²) in [5, 5.41) is 3.03. The smallest absolute Gasteiger partial charge is 0.260 e. The third-order valence-electron chi connectivity index (χ3n) is 5.16. The van der Waals surface area contributed by atoms with E-state index in [0.717, 1.165) is 35.8 Å². The lowest BCUT2D eigenvalue weighted by molar-refractivity contribution is -0.127. The Hall–Kier alpha value is -1.55. The third kappa shape index (κ3) is 6.31. The van der Waals surface area contributed by atoms with Gasteiger partial charge >= 0.3 is 0 Å². The van der Waals surface area contributed by atoms with Crippen LogP contribution in [0.5, 0.6) is 5.75 Å². The average Bonchev–Trinajstić information content (AvgIpc) is 2.58. The Bertz CT molecular complexity index is 586. The summed E-state index contributed by atoms with van der Waals surface area (Å²) in [4.78, 5) is 14.9. The first kappa shape index (κ1) is 20.8. The molecule has 1 aliphatic heterocycles. The highest BCUT2D eigenvalue weighted by Crippen LogP contribution is 2.28. The van der Waals surface area contributed by atoms with E-state index >= 15 is 0 Å². The van der Waals surface area contributed by atoms with Crippen molar-refractivity contribution < 1.29 is 9.53 Å². The number of ether oxygens (including phenoxy) is 1. The number of carbonyl (C=O) groups is 1. The number of aryl methyl sites for hydroxylation is 1. The van der Waals surface area contributed by atoms with Gasteiger partial charge in [-0.25, -0.2) is 0 Å². The van der Waals surface area contributed by atoms with Gasteiger partial charge in [0.25, 0.3) is 5.91 Å².